The number of carboxylic acids is 1. The molecule has 1 aromatic rings. The van der Waals surface area contributed by atoms with Crippen molar-refractivity contribution < 1.29 is 24.2 Å². The van der Waals surface area contributed by atoms with Gasteiger partial charge in [-0.15, -0.1) is 0 Å². The summed E-state index contributed by atoms with van der Waals surface area (Å²) >= 11 is 0. The number of amides is 1. The third-order valence-electron chi connectivity index (χ3n) is 3.28. The Bertz CT molecular complexity index is 500. The maximum Gasteiger partial charge on any atom is 0.329 e. The Kier molecular flexibility index (Phi) is 6.85. The van der Waals surface area contributed by atoms with Crippen molar-refractivity contribution in [3.05, 3.63) is 29.8 Å². The second-order valence-corrected chi connectivity index (χ2v) is 5.21. The van der Waals surface area contributed by atoms with Crippen molar-refractivity contribution in [2.45, 2.75) is 32.2 Å². The van der Waals surface area contributed by atoms with E-state index in [0.717, 1.165) is 0 Å². The molecule has 122 valence electrons. The molecule has 0 heterocycles. The number of aliphatic carboxylic acids is 1. The summed E-state index contributed by atoms with van der Waals surface area (Å²) in [6.45, 7) is 4.30. The molecule has 22 heavy (non-hydrogen) atoms. The lowest BCUT2D eigenvalue weighted by Gasteiger charge is -2.25. The Hall–Kier alpha value is -2.08. The first-order valence-corrected chi connectivity index (χ1v) is 7.20. The molecule has 0 aromatic heterocycles. The van der Waals surface area contributed by atoms with Gasteiger partial charge in [0.15, 0.2) is 0 Å². The number of carbonyl (C=O) groups excluding carboxylic acids is 1. The molecule has 0 aliphatic heterocycles. The number of ether oxygens (including phenoxy) is 2. The van der Waals surface area contributed by atoms with E-state index >= 15 is 0 Å². The third-order valence-corrected chi connectivity index (χ3v) is 3.28. The minimum absolute atomic E-state index is 0.367. The van der Waals surface area contributed by atoms with Crippen LogP contribution in [-0.4, -0.2) is 42.8 Å². The van der Waals surface area contributed by atoms with E-state index in [9.17, 15) is 14.7 Å². The summed E-state index contributed by atoms with van der Waals surface area (Å²) in [5.41, 5.74) is -0.873. The predicted molar refractivity (Wildman–Crippen MR) is 82.2 cm³/mol. The first-order valence-electron chi connectivity index (χ1n) is 7.20. The Morgan fingerprint density at radius 1 is 1.23 bits per heavy atom. The number of rotatable bonds is 9. The monoisotopic (exact) mass is 309 g/mol. The molecule has 1 aromatic carbocycles. The predicted octanol–water partition coefficient (Wildman–Crippen LogP) is 2.08. The molecule has 0 saturated carbocycles. The fourth-order valence-corrected chi connectivity index (χ4v) is 1.99. The van der Waals surface area contributed by atoms with Crippen molar-refractivity contribution >= 4 is 11.9 Å². The van der Waals surface area contributed by atoms with Gasteiger partial charge in [0.05, 0.1) is 6.61 Å². The largest absolute Gasteiger partial charge is 0.491 e. The summed E-state index contributed by atoms with van der Waals surface area (Å²) in [4.78, 5) is 23.5. The highest BCUT2D eigenvalue weighted by Gasteiger charge is 2.33. The van der Waals surface area contributed by atoms with Gasteiger partial charge in [-0.2, -0.15) is 0 Å². The zero-order chi connectivity index (χ0) is 16.6. The number of carbonyl (C=O) groups is 2. The van der Waals surface area contributed by atoms with Gasteiger partial charge in [-0.3, -0.25) is 4.79 Å². The first kappa shape index (κ1) is 18.0. The molecule has 6 heteroatoms. The number of benzene rings is 1. The minimum Gasteiger partial charge on any atom is -0.491 e. The second kappa shape index (κ2) is 8.38. The summed E-state index contributed by atoms with van der Waals surface area (Å²) in [5, 5.41) is 11.9. The standard InChI is InChI=1S/C16H23NO5/c1-4-9-16(2,15(19)20)17-14(18)12-5-7-13(8-6-12)22-11-10-21-3/h5-8H,4,9-11H2,1-3H3,(H,17,18)(H,19,20). The van der Waals surface area contributed by atoms with Crippen molar-refractivity contribution in [3.63, 3.8) is 0 Å². The minimum atomic E-state index is -1.26. The molecule has 0 bridgehead atoms. The van der Waals surface area contributed by atoms with E-state index in [2.05, 4.69) is 5.32 Å². The molecule has 1 unspecified atom stereocenters. The van der Waals surface area contributed by atoms with E-state index in [0.29, 0.717) is 37.4 Å². The van der Waals surface area contributed by atoms with Crippen LogP contribution in [0, 0.1) is 0 Å². The van der Waals surface area contributed by atoms with Crippen LogP contribution in [-0.2, 0) is 9.53 Å². The summed E-state index contributed by atoms with van der Waals surface area (Å²) in [7, 11) is 1.59. The zero-order valence-corrected chi connectivity index (χ0v) is 13.2. The molecule has 1 rings (SSSR count). The van der Waals surface area contributed by atoms with E-state index in [1.165, 1.54) is 6.92 Å². The fraction of sp³-hybridized carbons (Fsp3) is 0.500. The van der Waals surface area contributed by atoms with Crippen molar-refractivity contribution in [3.8, 4) is 5.75 Å². The van der Waals surface area contributed by atoms with Crippen LogP contribution < -0.4 is 10.1 Å². The Morgan fingerprint density at radius 2 is 1.86 bits per heavy atom. The highest BCUT2D eigenvalue weighted by atomic mass is 16.5. The van der Waals surface area contributed by atoms with Gasteiger partial charge in [-0.1, -0.05) is 13.3 Å². The van der Waals surface area contributed by atoms with Gasteiger partial charge in [-0.25, -0.2) is 4.79 Å². The van der Waals surface area contributed by atoms with Gasteiger partial charge in [0.1, 0.15) is 17.9 Å². The van der Waals surface area contributed by atoms with E-state index in [1.807, 2.05) is 6.92 Å². The highest BCUT2D eigenvalue weighted by molar-refractivity contribution is 5.97. The van der Waals surface area contributed by atoms with E-state index in [4.69, 9.17) is 9.47 Å². The van der Waals surface area contributed by atoms with Crippen LogP contribution in [0.4, 0.5) is 0 Å². The quantitative estimate of drug-likeness (QED) is 0.682. The normalized spacial score (nSPS) is 13.2. The number of nitrogens with one attached hydrogen (secondary N) is 1. The molecule has 6 nitrogen and oxygen atoms in total. The molecule has 1 atom stereocenters. The van der Waals surface area contributed by atoms with E-state index in [-0.39, 0.29) is 0 Å². The van der Waals surface area contributed by atoms with Crippen LogP contribution in [0.25, 0.3) is 0 Å². The SMILES string of the molecule is CCCC(C)(NC(=O)c1ccc(OCCOC)cc1)C(=O)O. The number of carboxylic acid groups (broad SMARTS) is 1. The van der Waals surface area contributed by atoms with Crippen molar-refractivity contribution in [2.75, 3.05) is 20.3 Å². The van der Waals surface area contributed by atoms with Crippen molar-refractivity contribution in [2.24, 2.45) is 0 Å². The molecule has 2 N–H and O–H groups in total. The van der Waals surface area contributed by atoms with Gasteiger partial charge in [0, 0.05) is 12.7 Å². The van der Waals surface area contributed by atoms with Gasteiger partial charge >= 0.3 is 5.97 Å². The molecule has 0 fully saturated rings. The summed E-state index contributed by atoms with van der Waals surface area (Å²) in [6, 6.07) is 6.54. The molecular weight excluding hydrogens is 286 g/mol. The summed E-state index contributed by atoms with van der Waals surface area (Å²) < 4.78 is 10.3. The van der Waals surface area contributed by atoms with Gasteiger partial charge < -0.3 is 19.9 Å². The van der Waals surface area contributed by atoms with Crippen LogP contribution in [0.2, 0.25) is 0 Å². The molecule has 0 spiro atoms. The van der Waals surface area contributed by atoms with Crippen molar-refractivity contribution in [1.82, 2.24) is 5.32 Å². The number of methoxy groups -OCH3 is 1. The average Bonchev–Trinajstić information content (AvgIpc) is 2.48. The maximum atomic E-state index is 12.2. The van der Waals surface area contributed by atoms with Crippen LogP contribution in [0.3, 0.4) is 0 Å². The Labute approximate surface area is 130 Å². The average molecular weight is 309 g/mol. The van der Waals surface area contributed by atoms with Gasteiger partial charge in [-0.05, 0) is 37.6 Å². The van der Waals surface area contributed by atoms with E-state index in [1.54, 1.807) is 31.4 Å². The first-order chi connectivity index (χ1) is 10.4. The third kappa shape index (κ3) is 5.04. The van der Waals surface area contributed by atoms with Crippen LogP contribution in [0.15, 0.2) is 24.3 Å². The van der Waals surface area contributed by atoms with Crippen LogP contribution in [0.1, 0.15) is 37.0 Å². The summed E-state index contributed by atoms with van der Waals surface area (Å²) in [6.07, 6.45) is 1.03. The fourth-order valence-electron chi connectivity index (χ4n) is 1.99. The lowest BCUT2D eigenvalue weighted by molar-refractivity contribution is -0.144. The van der Waals surface area contributed by atoms with Crippen LogP contribution in [0.5, 0.6) is 5.75 Å². The van der Waals surface area contributed by atoms with E-state index < -0.39 is 17.4 Å². The Balaban J connectivity index is 2.70. The lowest BCUT2D eigenvalue weighted by Crippen LogP contribution is -2.52. The van der Waals surface area contributed by atoms with Crippen LogP contribution >= 0.6 is 0 Å². The topological polar surface area (TPSA) is 84.9 Å². The molecule has 0 aliphatic carbocycles. The number of hydrogen-bond donors (Lipinski definition) is 2. The highest BCUT2D eigenvalue weighted by Crippen LogP contribution is 2.16. The Morgan fingerprint density at radius 3 is 2.36 bits per heavy atom. The molecule has 0 saturated heterocycles. The van der Waals surface area contributed by atoms with Gasteiger partial charge in [0.25, 0.3) is 5.91 Å². The molecule has 1 amide bonds. The second-order valence-electron chi connectivity index (χ2n) is 5.21. The molecule has 0 aliphatic rings. The lowest BCUT2D eigenvalue weighted by atomic mass is 9.96. The number of hydrogen-bond acceptors (Lipinski definition) is 4. The molecular formula is C16H23NO5. The van der Waals surface area contributed by atoms with Gasteiger partial charge in [0.2, 0.25) is 0 Å². The van der Waals surface area contributed by atoms with Crippen molar-refractivity contribution in [1.29, 1.82) is 0 Å². The smallest absolute Gasteiger partial charge is 0.329 e. The zero-order valence-electron chi connectivity index (χ0n) is 13.2. The molecule has 0 radical (unpaired) electrons. The summed E-state index contributed by atoms with van der Waals surface area (Å²) in [5.74, 6) is -0.827. The maximum absolute atomic E-state index is 12.2.